The third-order valence-corrected chi connectivity index (χ3v) is 2.00. The van der Waals surface area contributed by atoms with Crippen LogP contribution in [-0.2, 0) is 6.42 Å². The van der Waals surface area contributed by atoms with Gasteiger partial charge in [-0.25, -0.2) is 9.97 Å². The number of rotatable bonds is 1. The molecule has 0 fully saturated rings. The largest absolute Gasteiger partial charge is 0.383 e. The number of nitrogens with zero attached hydrogens (tertiary/aromatic N) is 2. The molecule has 2 N–H and O–H groups in total. The average molecular weight is 159 g/mol. The zero-order valence-corrected chi connectivity index (χ0v) is 6.62. The molecule has 0 saturated carbocycles. The molecule has 1 aliphatic carbocycles. The Labute approximate surface area is 70.7 Å². The number of fused-ring (bicyclic) bond motifs is 1. The van der Waals surface area contributed by atoms with Crippen LogP contribution in [-0.4, -0.2) is 9.97 Å². The van der Waals surface area contributed by atoms with Crippen LogP contribution < -0.4 is 5.73 Å². The maximum absolute atomic E-state index is 5.67. The van der Waals surface area contributed by atoms with Crippen molar-refractivity contribution in [3.63, 3.8) is 0 Å². The van der Waals surface area contributed by atoms with Gasteiger partial charge in [0.05, 0.1) is 5.69 Å². The van der Waals surface area contributed by atoms with Crippen molar-refractivity contribution in [2.24, 2.45) is 0 Å². The predicted molar refractivity (Wildman–Crippen MR) is 48.3 cm³/mol. The van der Waals surface area contributed by atoms with E-state index in [1.165, 1.54) is 6.33 Å². The van der Waals surface area contributed by atoms with Crippen LogP contribution in [0.15, 0.2) is 25.1 Å². The second kappa shape index (κ2) is 2.44. The van der Waals surface area contributed by atoms with Crippen molar-refractivity contribution in [1.82, 2.24) is 9.97 Å². The van der Waals surface area contributed by atoms with Crippen LogP contribution in [0.3, 0.4) is 0 Å². The first-order chi connectivity index (χ1) is 5.83. The summed E-state index contributed by atoms with van der Waals surface area (Å²) in [5.74, 6) is 0.577. The summed E-state index contributed by atoms with van der Waals surface area (Å²) < 4.78 is 0. The second-order valence-electron chi connectivity index (χ2n) is 2.65. The van der Waals surface area contributed by atoms with Crippen LogP contribution >= 0.6 is 0 Å². The van der Waals surface area contributed by atoms with Gasteiger partial charge in [-0.15, -0.1) is 0 Å². The highest BCUT2D eigenvalue weighted by atomic mass is 14.9. The van der Waals surface area contributed by atoms with E-state index in [4.69, 9.17) is 5.73 Å². The number of hydrogen-bond acceptors (Lipinski definition) is 3. The smallest absolute Gasteiger partial charge is 0.130 e. The lowest BCUT2D eigenvalue weighted by atomic mass is 10.2. The standard InChI is InChI=1S/C9H9N3/c1-2-6-3-4-7-8(6)11-5-12-9(7)10/h2-3,5H,1,4H2,(H2,10,11,12). The van der Waals surface area contributed by atoms with Gasteiger partial charge in [0.1, 0.15) is 12.1 Å². The van der Waals surface area contributed by atoms with E-state index in [0.717, 1.165) is 23.3 Å². The molecule has 0 saturated heterocycles. The van der Waals surface area contributed by atoms with Crippen LogP contribution in [0.5, 0.6) is 0 Å². The summed E-state index contributed by atoms with van der Waals surface area (Å²) in [6.45, 7) is 3.70. The molecule has 0 aromatic carbocycles. The molecule has 3 heteroatoms. The van der Waals surface area contributed by atoms with Gasteiger partial charge in [-0.05, 0) is 12.0 Å². The van der Waals surface area contributed by atoms with E-state index in [0.29, 0.717) is 5.82 Å². The predicted octanol–water partition coefficient (Wildman–Crippen LogP) is 1.18. The Hall–Kier alpha value is -1.64. The third-order valence-electron chi connectivity index (χ3n) is 2.00. The summed E-state index contributed by atoms with van der Waals surface area (Å²) in [4.78, 5) is 8.06. The molecule has 1 aromatic heterocycles. The molecule has 0 radical (unpaired) electrons. The number of aromatic nitrogens is 2. The summed E-state index contributed by atoms with van der Waals surface area (Å²) in [5, 5.41) is 0. The molecule has 0 unspecified atom stereocenters. The second-order valence-corrected chi connectivity index (χ2v) is 2.65. The average Bonchev–Trinajstić information content (AvgIpc) is 2.49. The molecule has 0 aliphatic heterocycles. The fourth-order valence-electron chi connectivity index (χ4n) is 1.36. The first-order valence-electron chi connectivity index (χ1n) is 3.75. The SMILES string of the molecule is C=CC1=CCc2c(N)ncnc21. The summed E-state index contributed by atoms with van der Waals surface area (Å²) in [5.41, 5.74) is 8.67. The summed E-state index contributed by atoms with van der Waals surface area (Å²) in [6.07, 6.45) is 6.15. The lowest BCUT2D eigenvalue weighted by Gasteiger charge is -2.01. The van der Waals surface area contributed by atoms with Crippen LogP contribution in [0.1, 0.15) is 11.3 Å². The lowest BCUT2D eigenvalue weighted by molar-refractivity contribution is 1.11. The lowest BCUT2D eigenvalue weighted by Crippen LogP contribution is -1.99. The monoisotopic (exact) mass is 159 g/mol. The highest BCUT2D eigenvalue weighted by Crippen LogP contribution is 2.28. The molecule has 1 aliphatic rings. The van der Waals surface area contributed by atoms with E-state index in [-0.39, 0.29) is 0 Å². The minimum atomic E-state index is 0.577. The van der Waals surface area contributed by atoms with E-state index in [1.807, 2.05) is 0 Å². The highest BCUT2D eigenvalue weighted by Gasteiger charge is 2.15. The molecular formula is C9H9N3. The first kappa shape index (κ1) is 7.03. The maximum Gasteiger partial charge on any atom is 0.130 e. The van der Waals surface area contributed by atoms with Gasteiger partial charge in [0, 0.05) is 5.56 Å². The zero-order chi connectivity index (χ0) is 8.55. The Balaban J connectivity index is 2.60. The van der Waals surface area contributed by atoms with Crippen LogP contribution in [0.25, 0.3) is 5.57 Å². The molecule has 1 heterocycles. The fraction of sp³-hybridized carbons (Fsp3) is 0.111. The fourth-order valence-corrected chi connectivity index (χ4v) is 1.36. The molecule has 0 bridgehead atoms. The van der Waals surface area contributed by atoms with Crippen molar-refractivity contribution in [3.05, 3.63) is 36.3 Å². The Bertz CT molecular complexity index is 366. The molecular weight excluding hydrogens is 150 g/mol. The molecule has 12 heavy (non-hydrogen) atoms. The van der Waals surface area contributed by atoms with Crippen molar-refractivity contribution < 1.29 is 0 Å². The Kier molecular flexibility index (Phi) is 1.43. The molecule has 0 amide bonds. The Morgan fingerprint density at radius 1 is 1.50 bits per heavy atom. The minimum Gasteiger partial charge on any atom is -0.383 e. The van der Waals surface area contributed by atoms with Gasteiger partial charge >= 0.3 is 0 Å². The highest BCUT2D eigenvalue weighted by molar-refractivity contribution is 5.79. The van der Waals surface area contributed by atoms with Gasteiger partial charge in [-0.2, -0.15) is 0 Å². The number of hydrogen-bond donors (Lipinski definition) is 1. The van der Waals surface area contributed by atoms with Crippen LogP contribution in [0.4, 0.5) is 5.82 Å². The molecule has 60 valence electrons. The quantitative estimate of drug-likeness (QED) is 0.669. The van der Waals surface area contributed by atoms with Gasteiger partial charge < -0.3 is 5.73 Å². The molecule has 1 aromatic rings. The zero-order valence-electron chi connectivity index (χ0n) is 6.62. The van der Waals surface area contributed by atoms with Gasteiger partial charge in [0.15, 0.2) is 0 Å². The van der Waals surface area contributed by atoms with Crippen molar-refractivity contribution in [2.45, 2.75) is 6.42 Å². The number of nitrogen functional groups attached to an aromatic ring is 1. The van der Waals surface area contributed by atoms with Gasteiger partial charge in [-0.3, -0.25) is 0 Å². The summed E-state index contributed by atoms with van der Waals surface area (Å²) in [7, 11) is 0. The third kappa shape index (κ3) is 0.830. The molecule has 2 rings (SSSR count). The van der Waals surface area contributed by atoms with Crippen molar-refractivity contribution >= 4 is 11.4 Å². The Morgan fingerprint density at radius 3 is 3.08 bits per heavy atom. The normalized spacial score (nSPS) is 13.8. The van der Waals surface area contributed by atoms with E-state index >= 15 is 0 Å². The van der Waals surface area contributed by atoms with Gasteiger partial charge in [-0.1, -0.05) is 18.7 Å². The van der Waals surface area contributed by atoms with Crippen LogP contribution in [0, 0.1) is 0 Å². The number of nitrogens with two attached hydrogens (primary N) is 1. The summed E-state index contributed by atoms with van der Waals surface area (Å²) >= 11 is 0. The van der Waals surface area contributed by atoms with E-state index in [2.05, 4.69) is 22.6 Å². The van der Waals surface area contributed by atoms with Crippen LogP contribution in [0.2, 0.25) is 0 Å². The molecule has 3 nitrogen and oxygen atoms in total. The van der Waals surface area contributed by atoms with Crippen molar-refractivity contribution in [3.8, 4) is 0 Å². The topological polar surface area (TPSA) is 51.8 Å². The van der Waals surface area contributed by atoms with Crippen molar-refractivity contribution in [1.29, 1.82) is 0 Å². The Morgan fingerprint density at radius 2 is 2.33 bits per heavy atom. The minimum absolute atomic E-state index is 0.577. The summed E-state index contributed by atoms with van der Waals surface area (Å²) in [6, 6.07) is 0. The first-order valence-corrected chi connectivity index (χ1v) is 3.75. The van der Waals surface area contributed by atoms with E-state index < -0.39 is 0 Å². The maximum atomic E-state index is 5.67. The molecule has 0 atom stereocenters. The van der Waals surface area contributed by atoms with Gasteiger partial charge in [0.2, 0.25) is 0 Å². The number of allylic oxidation sites excluding steroid dienone is 3. The molecule has 0 spiro atoms. The van der Waals surface area contributed by atoms with Crippen molar-refractivity contribution in [2.75, 3.05) is 5.73 Å². The number of anilines is 1. The van der Waals surface area contributed by atoms with E-state index in [1.54, 1.807) is 6.08 Å². The van der Waals surface area contributed by atoms with Gasteiger partial charge in [0.25, 0.3) is 0 Å². The van der Waals surface area contributed by atoms with E-state index in [9.17, 15) is 0 Å².